The van der Waals surface area contributed by atoms with Crippen molar-refractivity contribution in [3.05, 3.63) is 29.6 Å². The number of aromatic nitrogens is 1. The van der Waals surface area contributed by atoms with Crippen molar-refractivity contribution in [2.45, 2.75) is 26.3 Å². The second-order valence-corrected chi connectivity index (χ2v) is 5.32. The lowest BCUT2D eigenvalue weighted by Gasteiger charge is -2.37. The van der Waals surface area contributed by atoms with E-state index >= 15 is 0 Å². The fraction of sp³-hybridized carbons (Fsp3) is 0.533. The van der Waals surface area contributed by atoms with Gasteiger partial charge in [-0.1, -0.05) is 6.92 Å². The second-order valence-electron chi connectivity index (χ2n) is 5.32. The zero-order valence-corrected chi connectivity index (χ0v) is 12.5. The van der Waals surface area contributed by atoms with Gasteiger partial charge < -0.3 is 10.0 Å². The first-order valence-corrected chi connectivity index (χ1v) is 7.25. The average Bonchev–Trinajstić information content (AvgIpc) is 2.53. The Labute approximate surface area is 124 Å². The van der Waals surface area contributed by atoms with Gasteiger partial charge in [0.25, 0.3) is 5.91 Å². The van der Waals surface area contributed by atoms with Crippen LogP contribution in [0.3, 0.4) is 0 Å². The minimum Gasteiger partial charge on any atom is -0.477 e. The molecular formula is C15H21N3O3. The van der Waals surface area contributed by atoms with Crippen LogP contribution >= 0.6 is 0 Å². The van der Waals surface area contributed by atoms with Crippen molar-refractivity contribution in [2.24, 2.45) is 0 Å². The standard InChI is InChI=1S/C15H21N3O3/c1-3-11(2)17-6-8-18(9-7-17)14(19)12-4-5-16-13(10-12)15(20)21/h4-5,10-11H,3,6-9H2,1-2H3,(H,20,21). The van der Waals surface area contributed by atoms with Crippen LogP contribution in [0.4, 0.5) is 0 Å². The normalized spacial score (nSPS) is 17.5. The zero-order valence-electron chi connectivity index (χ0n) is 12.5. The summed E-state index contributed by atoms with van der Waals surface area (Å²) in [6, 6.07) is 3.43. The van der Waals surface area contributed by atoms with Gasteiger partial charge in [-0.3, -0.25) is 9.69 Å². The third-order valence-corrected chi connectivity index (χ3v) is 4.04. The quantitative estimate of drug-likeness (QED) is 0.906. The molecule has 0 bridgehead atoms. The molecule has 1 unspecified atom stereocenters. The number of nitrogens with zero attached hydrogens (tertiary/aromatic N) is 3. The Kier molecular flexibility index (Phi) is 4.90. The number of piperazine rings is 1. The van der Waals surface area contributed by atoms with Crippen LogP contribution in [0.5, 0.6) is 0 Å². The van der Waals surface area contributed by atoms with Crippen molar-refractivity contribution in [3.8, 4) is 0 Å². The van der Waals surface area contributed by atoms with Crippen molar-refractivity contribution in [3.63, 3.8) is 0 Å². The lowest BCUT2D eigenvalue weighted by atomic mass is 10.1. The number of hydrogen-bond donors (Lipinski definition) is 1. The molecule has 2 heterocycles. The molecule has 1 N–H and O–H groups in total. The van der Waals surface area contributed by atoms with Crippen molar-refractivity contribution in [2.75, 3.05) is 26.2 Å². The summed E-state index contributed by atoms with van der Waals surface area (Å²) in [5, 5.41) is 8.93. The molecule has 1 aromatic heterocycles. The molecule has 0 radical (unpaired) electrons. The minimum atomic E-state index is -1.12. The average molecular weight is 291 g/mol. The maximum absolute atomic E-state index is 12.4. The highest BCUT2D eigenvalue weighted by Crippen LogP contribution is 2.12. The van der Waals surface area contributed by atoms with Crippen molar-refractivity contribution in [1.29, 1.82) is 0 Å². The topological polar surface area (TPSA) is 73.7 Å². The number of aromatic carboxylic acids is 1. The van der Waals surface area contributed by atoms with Crippen molar-refractivity contribution in [1.82, 2.24) is 14.8 Å². The fourth-order valence-corrected chi connectivity index (χ4v) is 2.49. The van der Waals surface area contributed by atoms with Crippen molar-refractivity contribution < 1.29 is 14.7 Å². The molecule has 6 heteroatoms. The van der Waals surface area contributed by atoms with E-state index in [9.17, 15) is 9.59 Å². The van der Waals surface area contributed by atoms with Gasteiger partial charge in [0.05, 0.1) is 0 Å². The van der Waals surface area contributed by atoms with Gasteiger partial charge in [0.15, 0.2) is 0 Å². The minimum absolute atomic E-state index is 0.0981. The van der Waals surface area contributed by atoms with E-state index in [1.165, 1.54) is 12.3 Å². The molecule has 1 aliphatic heterocycles. The first kappa shape index (κ1) is 15.4. The second kappa shape index (κ2) is 6.67. The number of carbonyl (C=O) groups excluding carboxylic acids is 1. The van der Waals surface area contributed by atoms with Crippen LogP contribution in [0, 0.1) is 0 Å². The largest absolute Gasteiger partial charge is 0.477 e. The summed E-state index contributed by atoms with van der Waals surface area (Å²) in [7, 11) is 0. The number of amides is 1. The highest BCUT2D eigenvalue weighted by molar-refractivity contribution is 5.96. The highest BCUT2D eigenvalue weighted by atomic mass is 16.4. The Morgan fingerprint density at radius 3 is 2.57 bits per heavy atom. The van der Waals surface area contributed by atoms with Gasteiger partial charge in [0.1, 0.15) is 5.69 Å². The summed E-state index contributed by atoms with van der Waals surface area (Å²) < 4.78 is 0. The number of pyridine rings is 1. The summed E-state index contributed by atoms with van der Waals surface area (Å²) in [4.78, 5) is 31.2. The number of hydrogen-bond acceptors (Lipinski definition) is 4. The Bertz CT molecular complexity index is 525. The van der Waals surface area contributed by atoms with E-state index in [0.29, 0.717) is 24.7 Å². The molecule has 1 amide bonds. The highest BCUT2D eigenvalue weighted by Gasteiger charge is 2.24. The molecule has 0 aliphatic carbocycles. The number of carboxylic acids is 1. The molecule has 1 atom stereocenters. The molecule has 0 spiro atoms. The van der Waals surface area contributed by atoms with Crippen LogP contribution in [-0.2, 0) is 0 Å². The van der Waals surface area contributed by atoms with Gasteiger partial charge in [-0.25, -0.2) is 9.78 Å². The summed E-state index contributed by atoms with van der Waals surface area (Å²) in [6.45, 7) is 7.42. The number of carbonyl (C=O) groups is 2. The van der Waals surface area contributed by atoms with Gasteiger partial charge in [-0.2, -0.15) is 0 Å². The van der Waals surface area contributed by atoms with E-state index < -0.39 is 5.97 Å². The Balaban J connectivity index is 2.02. The number of rotatable bonds is 4. The lowest BCUT2D eigenvalue weighted by molar-refractivity contribution is 0.0579. The van der Waals surface area contributed by atoms with Gasteiger partial charge in [-0.15, -0.1) is 0 Å². The van der Waals surface area contributed by atoms with E-state index in [0.717, 1.165) is 19.5 Å². The lowest BCUT2D eigenvalue weighted by Crippen LogP contribution is -2.51. The maximum atomic E-state index is 12.4. The summed E-state index contributed by atoms with van der Waals surface area (Å²) in [5.41, 5.74) is 0.290. The van der Waals surface area contributed by atoms with Gasteiger partial charge >= 0.3 is 5.97 Å². The molecular weight excluding hydrogens is 270 g/mol. The van der Waals surface area contributed by atoms with Crippen LogP contribution in [0.1, 0.15) is 41.1 Å². The summed E-state index contributed by atoms with van der Waals surface area (Å²) >= 11 is 0. The first-order valence-electron chi connectivity index (χ1n) is 7.25. The van der Waals surface area contributed by atoms with E-state index in [1.807, 2.05) is 0 Å². The first-order chi connectivity index (χ1) is 10.0. The molecule has 6 nitrogen and oxygen atoms in total. The zero-order chi connectivity index (χ0) is 15.4. The van der Waals surface area contributed by atoms with Crippen LogP contribution in [0.25, 0.3) is 0 Å². The van der Waals surface area contributed by atoms with Crippen molar-refractivity contribution >= 4 is 11.9 Å². The SMILES string of the molecule is CCC(C)N1CCN(C(=O)c2ccnc(C(=O)O)c2)CC1. The van der Waals surface area contributed by atoms with Gasteiger partial charge in [-0.05, 0) is 25.5 Å². The molecule has 114 valence electrons. The summed E-state index contributed by atoms with van der Waals surface area (Å²) in [6.07, 6.45) is 2.46. The third kappa shape index (κ3) is 3.58. The van der Waals surface area contributed by atoms with Gasteiger partial charge in [0.2, 0.25) is 0 Å². The molecule has 1 aromatic rings. The molecule has 2 rings (SSSR count). The molecule has 1 saturated heterocycles. The molecule has 0 aromatic carbocycles. The molecule has 21 heavy (non-hydrogen) atoms. The number of carboxylic acid groups (broad SMARTS) is 1. The monoisotopic (exact) mass is 291 g/mol. The van der Waals surface area contributed by atoms with Crippen LogP contribution < -0.4 is 0 Å². The summed E-state index contributed by atoms with van der Waals surface area (Å²) in [5.74, 6) is -1.24. The smallest absolute Gasteiger partial charge is 0.354 e. The van der Waals surface area contributed by atoms with Crippen LogP contribution in [0.2, 0.25) is 0 Å². The van der Waals surface area contributed by atoms with E-state index in [1.54, 1.807) is 11.0 Å². The maximum Gasteiger partial charge on any atom is 0.354 e. The molecule has 0 saturated carbocycles. The predicted octanol–water partition coefficient (Wildman–Crippen LogP) is 1.34. The van der Waals surface area contributed by atoms with Crippen LogP contribution in [0.15, 0.2) is 18.3 Å². The van der Waals surface area contributed by atoms with E-state index in [4.69, 9.17) is 5.11 Å². The molecule has 1 aliphatic rings. The predicted molar refractivity (Wildman–Crippen MR) is 78.4 cm³/mol. The van der Waals surface area contributed by atoms with Gasteiger partial charge in [0, 0.05) is 44.0 Å². The van der Waals surface area contributed by atoms with E-state index in [2.05, 4.69) is 23.7 Å². The van der Waals surface area contributed by atoms with E-state index in [-0.39, 0.29) is 11.6 Å². The Hall–Kier alpha value is -1.95. The Morgan fingerprint density at radius 2 is 2.00 bits per heavy atom. The molecule has 1 fully saturated rings. The third-order valence-electron chi connectivity index (χ3n) is 4.04. The van der Waals surface area contributed by atoms with Crippen LogP contribution in [-0.4, -0.2) is 64.0 Å². The fourth-order valence-electron chi connectivity index (χ4n) is 2.49. The Morgan fingerprint density at radius 1 is 1.33 bits per heavy atom.